The second-order valence-electron chi connectivity index (χ2n) is 7.41. The van der Waals surface area contributed by atoms with Gasteiger partial charge in [0.15, 0.2) is 0 Å². The number of carbonyl (C=O) groups excluding carboxylic acids is 1. The summed E-state index contributed by atoms with van der Waals surface area (Å²) in [6, 6.07) is 3.71. The molecular weight excluding hydrogens is 293 g/mol. The minimum atomic E-state index is -0.824. The Balaban J connectivity index is 2.30. The molecule has 2 heterocycles. The van der Waals surface area contributed by atoms with Crippen molar-refractivity contribution in [2.75, 3.05) is 6.61 Å². The third kappa shape index (κ3) is 3.28. The van der Waals surface area contributed by atoms with Crippen LogP contribution in [-0.4, -0.2) is 35.9 Å². The molecule has 0 bridgehead atoms. The lowest BCUT2D eigenvalue weighted by Crippen LogP contribution is -2.41. The van der Waals surface area contributed by atoms with Gasteiger partial charge in [0, 0.05) is 6.20 Å². The summed E-state index contributed by atoms with van der Waals surface area (Å²) in [6.07, 6.45) is 1.68. The number of aromatic nitrogens is 1. The van der Waals surface area contributed by atoms with E-state index in [1.165, 1.54) is 0 Å². The Morgan fingerprint density at radius 2 is 1.83 bits per heavy atom. The Morgan fingerprint density at radius 3 is 2.35 bits per heavy atom. The van der Waals surface area contributed by atoms with Crippen LogP contribution in [0, 0.1) is 0 Å². The molecular formula is C17H26BNO4. The maximum atomic E-state index is 12.2. The minimum absolute atomic E-state index is 0.293. The highest BCUT2D eigenvalue weighted by atomic mass is 16.7. The van der Waals surface area contributed by atoms with Gasteiger partial charge in [-0.05, 0) is 66.1 Å². The highest BCUT2D eigenvalue weighted by Gasteiger charge is 2.52. The van der Waals surface area contributed by atoms with Crippen LogP contribution in [0.15, 0.2) is 18.3 Å². The molecule has 0 atom stereocenters. The number of rotatable bonds is 4. The van der Waals surface area contributed by atoms with Crippen molar-refractivity contribution < 1.29 is 18.8 Å². The van der Waals surface area contributed by atoms with Crippen LogP contribution in [0.3, 0.4) is 0 Å². The normalized spacial score (nSPS) is 19.7. The van der Waals surface area contributed by atoms with Crippen LogP contribution in [0.25, 0.3) is 0 Å². The van der Waals surface area contributed by atoms with Crippen LogP contribution in [0.4, 0.5) is 0 Å². The molecule has 2 rings (SSSR count). The van der Waals surface area contributed by atoms with E-state index in [0.717, 1.165) is 5.46 Å². The molecule has 23 heavy (non-hydrogen) atoms. The second-order valence-corrected chi connectivity index (χ2v) is 7.41. The van der Waals surface area contributed by atoms with Gasteiger partial charge in [-0.25, -0.2) is 0 Å². The van der Waals surface area contributed by atoms with Gasteiger partial charge < -0.3 is 14.0 Å². The number of carbonyl (C=O) groups is 1. The molecule has 1 aliphatic rings. The molecule has 1 aromatic rings. The SMILES string of the molecule is CCOC(=O)C(C)(C)c1cc(B2OC(C)(C)C(C)(C)O2)ccn1. The predicted octanol–water partition coefficient (Wildman–Crippen LogP) is 2.22. The molecule has 1 aromatic heterocycles. The van der Waals surface area contributed by atoms with Gasteiger partial charge in [-0.2, -0.15) is 0 Å². The molecule has 0 amide bonds. The fourth-order valence-electron chi connectivity index (χ4n) is 2.33. The summed E-state index contributed by atoms with van der Waals surface area (Å²) in [7, 11) is -0.472. The first kappa shape index (κ1) is 18.0. The second kappa shape index (κ2) is 5.91. The van der Waals surface area contributed by atoms with E-state index in [0.29, 0.717) is 12.3 Å². The van der Waals surface area contributed by atoms with Crippen molar-refractivity contribution >= 4 is 18.6 Å². The summed E-state index contributed by atoms with van der Waals surface area (Å²) in [5, 5.41) is 0. The van der Waals surface area contributed by atoms with Gasteiger partial charge in [-0.3, -0.25) is 9.78 Å². The average molecular weight is 319 g/mol. The molecule has 1 fully saturated rings. The van der Waals surface area contributed by atoms with E-state index in [4.69, 9.17) is 14.0 Å². The zero-order valence-corrected chi connectivity index (χ0v) is 15.1. The molecule has 0 aromatic carbocycles. The first-order chi connectivity index (χ1) is 10.5. The quantitative estimate of drug-likeness (QED) is 0.629. The molecule has 126 valence electrons. The molecule has 0 N–H and O–H groups in total. The molecule has 0 unspecified atom stereocenters. The monoisotopic (exact) mass is 319 g/mol. The summed E-state index contributed by atoms with van der Waals surface area (Å²) >= 11 is 0. The van der Waals surface area contributed by atoms with E-state index < -0.39 is 23.7 Å². The largest absolute Gasteiger partial charge is 0.494 e. The predicted molar refractivity (Wildman–Crippen MR) is 89.6 cm³/mol. The van der Waals surface area contributed by atoms with Crippen LogP contribution in [0.1, 0.15) is 54.2 Å². The molecule has 0 spiro atoms. The Bertz CT molecular complexity index is 582. The fourth-order valence-corrected chi connectivity index (χ4v) is 2.33. The number of pyridine rings is 1. The molecule has 0 saturated carbocycles. The van der Waals surface area contributed by atoms with Gasteiger partial charge in [0.05, 0.1) is 23.5 Å². The van der Waals surface area contributed by atoms with Crippen molar-refractivity contribution in [2.24, 2.45) is 0 Å². The average Bonchev–Trinajstić information content (AvgIpc) is 2.68. The molecule has 5 nitrogen and oxygen atoms in total. The number of hydrogen-bond donors (Lipinski definition) is 0. The van der Waals surface area contributed by atoms with Crippen molar-refractivity contribution in [2.45, 2.75) is 65.1 Å². The lowest BCUT2D eigenvalue weighted by molar-refractivity contribution is -0.148. The van der Waals surface area contributed by atoms with E-state index in [2.05, 4.69) is 4.98 Å². The first-order valence-corrected chi connectivity index (χ1v) is 8.00. The van der Waals surface area contributed by atoms with Crippen LogP contribution in [0.5, 0.6) is 0 Å². The highest BCUT2D eigenvalue weighted by molar-refractivity contribution is 6.62. The fraction of sp³-hybridized carbons (Fsp3) is 0.647. The smallest absolute Gasteiger partial charge is 0.465 e. The summed E-state index contributed by atoms with van der Waals surface area (Å²) in [5.41, 5.74) is -0.139. The molecule has 0 aliphatic carbocycles. The third-order valence-electron chi connectivity index (χ3n) is 4.74. The third-order valence-corrected chi connectivity index (χ3v) is 4.74. The zero-order chi connectivity index (χ0) is 17.5. The van der Waals surface area contributed by atoms with Gasteiger partial charge in [0.1, 0.15) is 5.41 Å². The Labute approximate surface area is 138 Å². The summed E-state index contributed by atoms with van der Waals surface area (Å²) < 4.78 is 17.3. The summed E-state index contributed by atoms with van der Waals surface area (Å²) in [6.45, 7) is 13.8. The van der Waals surface area contributed by atoms with Crippen molar-refractivity contribution in [3.05, 3.63) is 24.0 Å². The van der Waals surface area contributed by atoms with Crippen LogP contribution < -0.4 is 5.46 Å². The van der Waals surface area contributed by atoms with Crippen LogP contribution in [0.2, 0.25) is 0 Å². The number of hydrogen-bond acceptors (Lipinski definition) is 5. The molecule has 1 aliphatic heterocycles. The van der Waals surface area contributed by atoms with Gasteiger partial charge in [0.25, 0.3) is 0 Å². The Kier molecular flexibility index (Phi) is 4.61. The molecule has 1 saturated heterocycles. The van der Waals surface area contributed by atoms with Gasteiger partial charge in [-0.15, -0.1) is 0 Å². The van der Waals surface area contributed by atoms with E-state index in [-0.39, 0.29) is 5.97 Å². The van der Waals surface area contributed by atoms with E-state index in [1.54, 1.807) is 27.0 Å². The molecule has 0 radical (unpaired) electrons. The van der Waals surface area contributed by atoms with Gasteiger partial charge in [0.2, 0.25) is 0 Å². The number of ether oxygens (including phenoxy) is 1. The lowest BCUT2D eigenvalue weighted by atomic mass is 9.77. The van der Waals surface area contributed by atoms with E-state index >= 15 is 0 Å². The van der Waals surface area contributed by atoms with E-state index in [9.17, 15) is 4.79 Å². The number of esters is 1. The Hall–Kier alpha value is -1.40. The maximum Gasteiger partial charge on any atom is 0.494 e. The van der Waals surface area contributed by atoms with Crippen LogP contribution >= 0.6 is 0 Å². The standard InChI is InChI=1S/C17H26BNO4/c1-8-21-14(20)15(2,3)13-11-12(9-10-19-13)18-22-16(4,5)17(6,7)23-18/h9-11H,8H2,1-7H3. The van der Waals surface area contributed by atoms with Crippen molar-refractivity contribution in [3.8, 4) is 0 Å². The summed E-state index contributed by atoms with van der Waals surface area (Å²) in [5.74, 6) is -0.293. The Morgan fingerprint density at radius 1 is 1.26 bits per heavy atom. The molecule has 6 heteroatoms. The minimum Gasteiger partial charge on any atom is -0.465 e. The zero-order valence-electron chi connectivity index (χ0n) is 15.1. The topological polar surface area (TPSA) is 57.7 Å². The maximum absolute atomic E-state index is 12.2. The van der Waals surface area contributed by atoms with Crippen molar-refractivity contribution in [1.82, 2.24) is 4.98 Å². The van der Waals surface area contributed by atoms with Crippen LogP contribution in [-0.2, 0) is 24.3 Å². The van der Waals surface area contributed by atoms with Crippen molar-refractivity contribution in [3.63, 3.8) is 0 Å². The lowest BCUT2D eigenvalue weighted by Gasteiger charge is -2.32. The van der Waals surface area contributed by atoms with Gasteiger partial charge in [-0.1, -0.05) is 0 Å². The summed E-state index contributed by atoms with van der Waals surface area (Å²) in [4.78, 5) is 16.5. The number of nitrogens with zero attached hydrogens (tertiary/aromatic N) is 1. The van der Waals surface area contributed by atoms with Crippen molar-refractivity contribution in [1.29, 1.82) is 0 Å². The highest BCUT2D eigenvalue weighted by Crippen LogP contribution is 2.36. The van der Waals surface area contributed by atoms with Gasteiger partial charge >= 0.3 is 13.1 Å². The first-order valence-electron chi connectivity index (χ1n) is 8.00. The van der Waals surface area contributed by atoms with E-state index in [1.807, 2.05) is 39.8 Å².